The molecule has 1 N–H and O–H groups in total. The maximum absolute atomic E-state index is 12.3. The normalized spacial score (nSPS) is 27.4. The molecule has 0 radical (unpaired) electrons. The Labute approximate surface area is 122 Å². The lowest BCUT2D eigenvalue weighted by Crippen LogP contribution is -2.59. The van der Waals surface area contributed by atoms with Crippen LogP contribution < -0.4 is 4.74 Å². The van der Waals surface area contributed by atoms with Crippen LogP contribution in [0.4, 0.5) is 0 Å². The summed E-state index contributed by atoms with van der Waals surface area (Å²) in [5.74, 6) is -0.989. The maximum atomic E-state index is 12.3. The molecule has 1 fully saturated rings. The second-order valence-electron chi connectivity index (χ2n) is 4.65. The van der Waals surface area contributed by atoms with E-state index in [4.69, 9.17) is 9.84 Å². The Kier molecular flexibility index (Phi) is 3.46. The smallest absolute Gasteiger partial charge is 0.352 e. The van der Waals surface area contributed by atoms with Crippen LogP contribution in [-0.4, -0.2) is 48.3 Å². The lowest BCUT2D eigenvalue weighted by Gasteiger charge is -2.43. The standard InChI is InChI=1S/C13H12N2O5S/c16-11-5-12-15(11)10(13(17)18)4-9(21(12)19)7-20-8-2-1-3-14-6-8/h1-4,6,9,12H,5,7H2,(H,17,18)/t9?,12-,21?/m1/s1. The van der Waals surface area contributed by atoms with Gasteiger partial charge in [0.15, 0.2) is 0 Å². The third-order valence-corrected chi connectivity index (χ3v) is 5.13. The highest BCUT2D eigenvalue weighted by molar-refractivity contribution is 7.86. The molecule has 21 heavy (non-hydrogen) atoms. The number of rotatable bonds is 4. The van der Waals surface area contributed by atoms with Gasteiger partial charge < -0.3 is 9.84 Å². The first-order chi connectivity index (χ1) is 10.1. The number of ether oxygens (including phenoxy) is 1. The summed E-state index contributed by atoms with van der Waals surface area (Å²) < 4.78 is 17.8. The van der Waals surface area contributed by atoms with Crippen molar-refractivity contribution in [2.45, 2.75) is 17.0 Å². The first kappa shape index (κ1) is 13.7. The highest BCUT2D eigenvalue weighted by Crippen LogP contribution is 2.34. The van der Waals surface area contributed by atoms with E-state index in [1.165, 1.54) is 12.3 Å². The molecular formula is C13H12N2O5S. The van der Waals surface area contributed by atoms with Gasteiger partial charge in [0.2, 0.25) is 5.91 Å². The molecule has 3 heterocycles. The van der Waals surface area contributed by atoms with Gasteiger partial charge in [-0.15, -0.1) is 0 Å². The van der Waals surface area contributed by atoms with E-state index >= 15 is 0 Å². The van der Waals surface area contributed by atoms with E-state index in [9.17, 15) is 13.8 Å². The molecule has 1 aromatic rings. The van der Waals surface area contributed by atoms with E-state index in [2.05, 4.69) is 4.98 Å². The number of hydrogen-bond donors (Lipinski definition) is 1. The Balaban J connectivity index is 1.78. The number of fused-ring (bicyclic) bond motifs is 1. The van der Waals surface area contributed by atoms with Crippen LogP contribution in [0.1, 0.15) is 6.42 Å². The van der Waals surface area contributed by atoms with Crippen molar-refractivity contribution in [1.82, 2.24) is 9.88 Å². The van der Waals surface area contributed by atoms with Crippen LogP contribution in [0.15, 0.2) is 36.3 Å². The van der Waals surface area contributed by atoms with Gasteiger partial charge in [0.05, 0.1) is 28.7 Å². The van der Waals surface area contributed by atoms with Crippen LogP contribution in [0.5, 0.6) is 5.75 Å². The number of hydrogen-bond acceptors (Lipinski definition) is 5. The molecule has 2 unspecified atom stereocenters. The molecule has 1 amide bonds. The fourth-order valence-electron chi connectivity index (χ4n) is 2.29. The topological polar surface area (TPSA) is 96.8 Å². The van der Waals surface area contributed by atoms with Crippen molar-refractivity contribution < 1.29 is 23.6 Å². The number of β-lactam (4-membered cyclic amide) rings is 1. The van der Waals surface area contributed by atoms with Crippen LogP contribution in [0.2, 0.25) is 0 Å². The van der Waals surface area contributed by atoms with Gasteiger partial charge >= 0.3 is 5.97 Å². The van der Waals surface area contributed by atoms with Crippen molar-refractivity contribution in [3.05, 3.63) is 36.3 Å². The van der Waals surface area contributed by atoms with E-state index in [1.807, 2.05) is 0 Å². The second kappa shape index (κ2) is 5.28. The molecule has 0 bridgehead atoms. The van der Waals surface area contributed by atoms with E-state index in [-0.39, 0.29) is 24.6 Å². The minimum absolute atomic E-state index is 0.0770. The molecule has 1 saturated heterocycles. The highest BCUT2D eigenvalue weighted by atomic mass is 32.2. The lowest BCUT2D eigenvalue weighted by molar-refractivity contribution is -0.146. The summed E-state index contributed by atoms with van der Waals surface area (Å²) in [6.07, 6.45) is 4.57. The molecule has 8 heteroatoms. The SMILES string of the molecule is O=C(O)C1=CC(COc2cccnc2)S(=O)[C@@H]2CC(=O)N12. The van der Waals surface area contributed by atoms with Crippen molar-refractivity contribution >= 4 is 22.7 Å². The van der Waals surface area contributed by atoms with Gasteiger partial charge in [-0.3, -0.25) is 18.9 Å². The molecule has 0 aromatic carbocycles. The van der Waals surface area contributed by atoms with Crippen molar-refractivity contribution in [2.24, 2.45) is 0 Å². The van der Waals surface area contributed by atoms with E-state index in [0.29, 0.717) is 5.75 Å². The number of carboxylic acids is 1. The van der Waals surface area contributed by atoms with E-state index in [1.54, 1.807) is 18.3 Å². The van der Waals surface area contributed by atoms with Crippen molar-refractivity contribution in [3.63, 3.8) is 0 Å². The number of pyridine rings is 1. The number of nitrogens with zero attached hydrogens (tertiary/aromatic N) is 2. The molecular weight excluding hydrogens is 296 g/mol. The summed E-state index contributed by atoms with van der Waals surface area (Å²) in [5, 5.41) is 8.03. The molecule has 2 aliphatic heterocycles. The molecule has 3 atom stereocenters. The monoisotopic (exact) mass is 308 g/mol. The quantitative estimate of drug-likeness (QED) is 0.794. The van der Waals surface area contributed by atoms with Crippen molar-refractivity contribution in [1.29, 1.82) is 0 Å². The maximum Gasteiger partial charge on any atom is 0.352 e. The van der Waals surface area contributed by atoms with Gasteiger partial charge in [-0.25, -0.2) is 4.79 Å². The Morgan fingerprint density at radius 2 is 2.38 bits per heavy atom. The predicted octanol–water partition coefficient (Wildman–Crippen LogP) is 0.118. The van der Waals surface area contributed by atoms with Crippen molar-refractivity contribution in [2.75, 3.05) is 6.61 Å². The van der Waals surface area contributed by atoms with Gasteiger partial charge in [0.1, 0.15) is 23.4 Å². The zero-order valence-corrected chi connectivity index (χ0v) is 11.7. The van der Waals surface area contributed by atoms with Crippen LogP contribution in [-0.2, 0) is 20.4 Å². The minimum atomic E-state index is -1.38. The van der Waals surface area contributed by atoms with Gasteiger partial charge in [0.25, 0.3) is 0 Å². The predicted molar refractivity (Wildman–Crippen MR) is 72.6 cm³/mol. The average Bonchev–Trinajstić information content (AvgIpc) is 2.47. The molecule has 7 nitrogen and oxygen atoms in total. The van der Waals surface area contributed by atoms with Gasteiger partial charge in [-0.05, 0) is 18.2 Å². The Bertz CT molecular complexity index is 645. The first-order valence-electron chi connectivity index (χ1n) is 6.27. The Hall–Kier alpha value is -2.22. The highest BCUT2D eigenvalue weighted by Gasteiger charge is 2.49. The van der Waals surface area contributed by atoms with Gasteiger partial charge in [0, 0.05) is 6.20 Å². The zero-order valence-electron chi connectivity index (χ0n) is 10.8. The molecule has 0 spiro atoms. The second-order valence-corrected chi connectivity index (χ2v) is 6.45. The molecule has 2 aliphatic rings. The third-order valence-electron chi connectivity index (χ3n) is 3.34. The summed E-state index contributed by atoms with van der Waals surface area (Å²) in [4.78, 5) is 27.7. The number of carbonyl (C=O) groups is 2. The van der Waals surface area contributed by atoms with Gasteiger partial charge in [-0.1, -0.05) is 0 Å². The van der Waals surface area contributed by atoms with Crippen molar-refractivity contribution in [3.8, 4) is 5.75 Å². The van der Waals surface area contributed by atoms with Crippen LogP contribution in [0, 0.1) is 0 Å². The number of carboxylic acid groups (broad SMARTS) is 1. The lowest BCUT2D eigenvalue weighted by atomic mass is 10.1. The largest absolute Gasteiger partial charge is 0.490 e. The van der Waals surface area contributed by atoms with Crippen LogP contribution in [0.25, 0.3) is 0 Å². The third kappa shape index (κ3) is 2.42. The molecule has 3 rings (SSSR count). The minimum Gasteiger partial charge on any atom is -0.490 e. The summed E-state index contributed by atoms with van der Waals surface area (Å²) in [6.45, 7) is 0.0770. The number of carbonyl (C=O) groups excluding carboxylic acids is 1. The molecule has 0 aliphatic carbocycles. The molecule has 110 valence electrons. The van der Waals surface area contributed by atoms with E-state index < -0.39 is 27.4 Å². The Morgan fingerprint density at radius 1 is 1.57 bits per heavy atom. The number of aromatic nitrogens is 1. The summed E-state index contributed by atoms with van der Waals surface area (Å²) in [6, 6.07) is 3.41. The van der Waals surface area contributed by atoms with E-state index in [0.717, 1.165) is 4.90 Å². The fourth-order valence-corrected chi connectivity index (χ4v) is 3.90. The first-order valence-corrected chi connectivity index (χ1v) is 7.55. The van der Waals surface area contributed by atoms with Crippen LogP contribution in [0.3, 0.4) is 0 Å². The summed E-state index contributed by atoms with van der Waals surface area (Å²) in [7, 11) is -1.38. The molecule has 1 aromatic heterocycles. The summed E-state index contributed by atoms with van der Waals surface area (Å²) >= 11 is 0. The summed E-state index contributed by atoms with van der Waals surface area (Å²) in [5.41, 5.74) is -0.115. The number of amides is 1. The van der Waals surface area contributed by atoms with Gasteiger partial charge in [-0.2, -0.15) is 0 Å². The Morgan fingerprint density at radius 3 is 3.00 bits per heavy atom. The molecule has 0 saturated carbocycles. The zero-order chi connectivity index (χ0) is 15.0. The number of aliphatic carboxylic acids is 1. The fraction of sp³-hybridized carbons (Fsp3) is 0.308. The van der Waals surface area contributed by atoms with Crippen LogP contribution >= 0.6 is 0 Å². The average molecular weight is 308 g/mol.